The summed E-state index contributed by atoms with van der Waals surface area (Å²) < 4.78 is 6.10. The molecule has 4 fully saturated rings. The summed E-state index contributed by atoms with van der Waals surface area (Å²) in [4.78, 5) is 75.2. The molecule has 0 aromatic heterocycles. The molecule has 1 atom stereocenters. The molecule has 3 aromatic carbocycles. The van der Waals surface area contributed by atoms with Crippen molar-refractivity contribution in [2.24, 2.45) is 0 Å². The van der Waals surface area contributed by atoms with Gasteiger partial charge in [-0.2, -0.15) is 0 Å². The van der Waals surface area contributed by atoms with Gasteiger partial charge in [0.25, 0.3) is 17.7 Å². The number of piperazine rings is 1. The zero-order valence-corrected chi connectivity index (χ0v) is 31.8. The zero-order valence-electron chi connectivity index (χ0n) is 31.0. The van der Waals surface area contributed by atoms with Gasteiger partial charge < -0.3 is 19.9 Å². The minimum absolute atomic E-state index is 0.0477. The number of amides is 5. The molecule has 8 rings (SSSR count). The van der Waals surface area contributed by atoms with Gasteiger partial charge in [-0.05, 0) is 99.5 Å². The fourth-order valence-corrected chi connectivity index (χ4v) is 8.96. The Morgan fingerprint density at radius 2 is 1.45 bits per heavy atom. The number of hydrogen-bond donors (Lipinski definition) is 2. The van der Waals surface area contributed by atoms with Crippen LogP contribution in [0.3, 0.4) is 0 Å². The van der Waals surface area contributed by atoms with Crippen LogP contribution in [0.2, 0.25) is 5.02 Å². The molecular weight excluding hydrogens is 734 g/mol. The minimum atomic E-state index is -0.974. The number of carbonyl (C=O) groups is 5. The lowest BCUT2D eigenvalue weighted by molar-refractivity contribution is -0.136. The minimum Gasteiger partial charge on any atom is -0.490 e. The fraction of sp³-hybridized carbons (Fsp3) is 0.429. The number of imide groups is 2. The molecule has 1 unspecified atom stereocenters. The average molecular weight is 778 g/mol. The second-order valence-electron chi connectivity index (χ2n) is 15.3. The lowest BCUT2D eigenvalue weighted by Crippen LogP contribution is -2.54. The van der Waals surface area contributed by atoms with E-state index >= 15 is 0 Å². The highest BCUT2D eigenvalue weighted by molar-refractivity contribution is 6.33. The Hall–Kier alpha value is -5.45. The van der Waals surface area contributed by atoms with E-state index in [1.807, 2.05) is 30.3 Å². The van der Waals surface area contributed by atoms with Gasteiger partial charge in [-0.25, -0.2) is 4.85 Å². The number of anilines is 2. The summed E-state index contributed by atoms with van der Waals surface area (Å²) in [5, 5.41) is 5.84. The normalized spacial score (nSPS) is 23.4. The topological polar surface area (TPSA) is 136 Å². The van der Waals surface area contributed by atoms with E-state index in [1.54, 1.807) is 30.3 Å². The lowest BCUT2D eigenvalue weighted by Gasteiger charge is -2.44. The first kappa shape index (κ1) is 37.5. The lowest BCUT2D eigenvalue weighted by atomic mass is 9.92. The molecule has 4 aliphatic heterocycles. The summed E-state index contributed by atoms with van der Waals surface area (Å²) in [6.45, 7) is 12.4. The van der Waals surface area contributed by atoms with Crippen molar-refractivity contribution in [3.05, 3.63) is 93.8 Å². The second kappa shape index (κ2) is 16.0. The Bertz CT molecular complexity index is 2080. The Morgan fingerprint density at radius 3 is 2.12 bits per heavy atom. The number of hydrogen-bond acceptors (Lipinski definition) is 9. The van der Waals surface area contributed by atoms with E-state index < -0.39 is 29.7 Å². The van der Waals surface area contributed by atoms with Crippen LogP contribution < -0.4 is 25.2 Å². The predicted octanol–water partition coefficient (Wildman–Crippen LogP) is 5.20. The highest BCUT2D eigenvalue weighted by Gasteiger charge is 2.45. The monoisotopic (exact) mass is 777 g/mol. The summed E-state index contributed by atoms with van der Waals surface area (Å²) >= 11 is 6.16. The van der Waals surface area contributed by atoms with Crippen molar-refractivity contribution in [2.45, 2.75) is 75.6 Å². The SMILES string of the molecule is [C-]#[N+]c1ccc(OC2CCC(NC(=O)c3ccc(N4CCC(N5CCN(c6ccc7c(c6)C(=O)N(C6CCC(=O)NC6=O)C7=O)CC5)CC4)cc3)CC2)cc1Cl. The summed E-state index contributed by atoms with van der Waals surface area (Å²) in [7, 11) is 0. The van der Waals surface area contributed by atoms with Gasteiger partial charge in [-0.1, -0.05) is 17.7 Å². The summed E-state index contributed by atoms with van der Waals surface area (Å²) in [6, 6.07) is 18.0. The molecule has 5 aliphatic rings. The van der Waals surface area contributed by atoms with Gasteiger partial charge in [0.05, 0.1) is 28.8 Å². The number of nitrogens with one attached hydrogen (secondary N) is 2. The number of fused-ring (bicyclic) bond motifs is 1. The standard InChI is InChI=1S/C42H44ClN7O6/c1-44-36-13-11-32(25-35(36)43)56-31-9-4-27(5-10-31)45-39(52)26-2-6-28(7-3-26)47-18-16-29(17-19-47)48-20-22-49(23-21-48)30-8-12-33-34(24-30)42(55)50(41(33)54)37-14-15-38(51)46-40(37)53/h2-3,6-8,11-13,24-25,27,29,31,37H,4-5,9-10,14-23H2,(H,45,52)(H,46,51,53). The summed E-state index contributed by atoms with van der Waals surface area (Å²) in [5.41, 5.74) is 3.66. The van der Waals surface area contributed by atoms with E-state index in [9.17, 15) is 24.0 Å². The first-order chi connectivity index (χ1) is 27.1. The molecule has 0 radical (unpaired) electrons. The number of ether oxygens (including phenoxy) is 1. The Morgan fingerprint density at radius 1 is 0.768 bits per heavy atom. The van der Waals surface area contributed by atoms with Crippen LogP contribution in [0.25, 0.3) is 4.85 Å². The van der Waals surface area contributed by atoms with Crippen molar-refractivity contribution in [3.63, 3.8) is 0 Å². The van der Waals surface area contributed by atoms with Crippen molar-refractivity contribution in [3.8, 4) is 5.75 Å². The van der Waals surface area contributed by atoms with Gasteiger partial charge in [0.15, 0.2) is 0 Å². The molecule has 3 aromatic rings. The molecule has 13 nitrogen and oxygen atoms in total. The number of piperidine rings is 2. The Balaban J connectivity index is 0.772. The molecular formula is C42H44ClN7O6. The van der Waals surface area contributed by atoms with Crippen LogP contribution in [0.15, 0.2) is 60.7 Å². The second-order valence-corrected chi connectivity index (χ2v) is 15.7. The van der Waals surface area contributed by atoms with Crippen molar-refractivity contribution in [1.29, 1.82) is 0 Å². The van der Waals surface area contributed by atoms with E-state index in [1.165, 1.54) is 0 Å². The number of benzene rings is 3. The molecule has 5 amide bonds. The first-order valence-electron chi connectivity index (χ1n) is 19.5. The van der Waals surface area contributed by atoms with Gasteiger partial charge in [0.1, 0.15) is 11.8 Å². The Labute approximate surface area is 330 Å². The number of carbonyl (C=O) groups excluding carboxylic acids is 5. The van der Waals surface area contributed by atoms with Gasteiger partial charge in [0, 0.05) is 74.7 Å². The van der Waals surface area contributed by atoms with Crippen LogP contribution in [0.1, 0.15) is 82.4 Å². The molecule has 3 saturated heterocycles. The summed E-state index contributed by atoms with van der Waals surface area (Å²) in [5.74, 6) is -1.38. The third kappa shape index (κ3) is 7.68. The third-order valence-corrected chi connectivity index (χ3v) is 12.2. The molecule has 290 valence electrons. The quantitative estimate of drug-likeness (QED) is 0.234. The highest BCUT2D eigenvalue weighted by atomic mass is 35.5. The number of rotatable bonds is 8. The van der Waals surface area contributed by atoms with E-state index in [0.717, 1.165) is 94.1 Å². The van der Waals surface area contributed by atoms with Crippen LogP contribution >= 0.6 is 11.6 Å². The molecule has 4 heterocycles. The smallest absolute Gasteiger partial charge is 0.262 e. The van der Waals surface area contributed by atoms with E-state index in [4.69, 9.17) is 22.9 Å². The maximum Gasteiger partial charge on any atom is 0.262 e. The van der Waals surface area contributed by atoms with E-state index in [2.05, 4.69) is 30.2 Å². The first-order valence-corrected chi connectivity index (χ1v) is 19.9. The number of nitrogens with zero attached hydrogens (tertiary/aromatic N) is 5. The maximum atomic E-state index is 13.3. The van der Waals surface area contributed by atoms with Crippen LogP contribution in [0, 0.1) is 6.57 Å². The van der Waals surface area contributed by atoms with E-state index in [-0.39, 0.29) is 30.9 Å². The van der Waals surface area contributed by atoms with Gasteiger partial charge in [-0.15, -0.1) is 0 Å². The highest BCUT2D eigenvalue weighted by Crippen LogP contribution is 2.33. The molecule has 56 heavy (non-hydrogen) atoms. The average Bonchev–Trinajstić information content (AvgIpc) is 3.46. The van der Waals surface area contributed by atoms with Gasteiger partial charge in [0.2, 0.25) is 17.5 Å². The fourth-order valence-electron chi connectivity index (χ4n) is 8.75. The Kier molecular flexibility index (Phi) is 10.7. The molecule has 14 heteroatoms. The van der Waals surface area contributed by atoms with Crippen molar-refractivity contribution >= 4 is 58.2 Å². The number of halogens is 1. The molecule has 1 saturated carbocycles. The maximum absolute atomic E-state index is 13.3. The molecule has 0 spiro atoms. The zero-order chi connectivity index (χ0) is 38.9. The van der Waals surface area contributed by atoms with Crippen molar-refractivity contribution in [2.75, 3.05) is 49.1 Å². The van der Waals surface area contributed by atoms with E-state index in [0.29, 0.717) is 39.2 Å². The van der Waals surface area contributed by atoms with Gasteiger partial charge in [-0.3, -0.25) is 39.1 Å². The molecule has 2 N–H and O–H groups in total. The molecule has 0 bridgehead atoms. The van der Waals surface area contributed by atoms with Crippen LogP contribution in [0.5, 0.6) is 5.75 Å². The van der Waals surface area contributed by atoms with Gasteiger partial charge >= 0.3 is 0 Å². The van der Waals surface area contributed by atoms with Crippen molar-refractivity contribution < 1.29 is 28.7 Å². The van der Waals surface area contributed by atoms with Crippen molar-refractivity contribution in [1.82, 2.24) is 20.4 Å². The summed E-state index contributed by atoms with van der Waals surface area (Å²) in [6.07, 6.45) is 5.67. The van der Waals surface area contributed by atoms with Crippen LogP contribution in [0.4, 0.5) is 17.1 Å². The predicted molar refractivity (Wildman–Crippen MR) is 210 cm³/mol. The largest absolute Gasteiger partial charge is 0.490 e. The third-order valence-electron chi connectivity index (χ3n) is 11.9. The van der Waals surface area contributed by atoms with Crippen LogP contribution in [-0.2, 0) is 9.59 Å². The van der Waals surface area contributed by atoms with Crippen LogP contribution in [-0.4, -0.2) is 103 Å². The molecule has 1 aliphatic carbocycles.